The molecule has 0 unspecified atom stereocenters. The minimum Gasteiger partial charge on any atom is -0.298 e. The average molecular weight is 307 g/mol. The Hall–Kier alpha value is -1.86. The van der Waals surface area contributed by atoms with E-state index in [1.807, 2.05) is 0 Å². The Morgan fingerprint density at radius 3 is 2.17 bits per heavy atom. The van der Waals surface area contributed by atoms with E-state index in [9.17, 15) is 0 Å². The van der Waals surface area contributed by atoms with E-state index in [1.165, 1.54) is 27.8 Å². The molecule has 0 aliphatic rings. The summed E-state index contributed by atoms with van der Waals surface area (Å²) in [5.74, 6) is 0. The predicted molar refractivity (Wildman–Crippen MR) is 102 cm³/mol. The minimum absolute atomic E-state index is 0.212. The van der Waals surface area contributed by atoms with Crippen LogP contribution in [0.1, 0.15) is 43.0 Å². The van der Waals surface area contributed by atoms with Gasteiger partial charge in [0.1, 0.15) is 0 Å². The third-order valence-corrected chi connectivity index (χ3v) is 4.26. The summed E-state index contributed by atoms with van der Waals surface area (Å²) in [7, 11) is 2.15. The number of rotatable bonds is 5. The number of nitrogens with zero attached hydrogens (tertiary/aromatic N) is 1. The van der Waals surface area contributed by atoms with Crippen molar-refractivity contribution < 1.29 is 0 Å². The summed E-state index contributed by atoms with van der Waals surface area (Å²) in [5, 5.41) is 0. The van der Waals surface area contributed by atoms with Crippen molar-refractivity contribution in [1.82, 2.24) is 4.90 Å². The van der Waals surface area contributed by atoms with E-state index in [2.05, 4.69) is 94.8 Å². The Labute approximate surface area is 141 Å². The van der Waals surface area contributed by atoms with Crippen molar-refractivity contribution in [3.05, 3.63) is 77.4 Å². The molecule has 0 aliphatic heterocycles. The van der Waals surface area contributed by atoms with Crippen LogP contribution in [0.3, 0.4) is 0 Å². The summed E-state index contributed by atoms with van der Waals surface area (Å²) in [6.45, 7) is 15.0. The van der Waals surface area contributed by atoms with Crippen LogP contribution in [0.5, 0.6) is 0 Å². The van der Waals surface area contributed by atoms with E-state index in [0.717, 1.165) is 13.1 Å². The zero-order chi connectivity index (χ0) is 17.0. The first-order valence-electron chi connectivity index (χ1n) is 8.29. The van der Waals surface area contributed by atoms with Gasteiger partial charge in [-0.05, 0) is 47.2 Å². The van der Waals surface area contributed by atoms with Crippen LogP contribution < -0.4 is 0 Å². The molecule has 0 N–H and O–H groups in total. The van der Waals surface area contributed by atoms with Crippen molar-refractivity contribution in [2.45, 2.75) is 39.7 Å². The minimum atomic E-state index is 0.212. The van der Waals surface area contributed by atoms with Gasteiger partial charge in [0.2, 0.25) is 0 Å². The number of aryl methyl sites for hydroxylation is 1. The van der Waals surface area contributed by atoms with E-state index in [0.29, 0.717) is 0 Å². The van der Waals surface area contributed by atoms with Gasteiger partial charge in [0, 0.05) is 13.1 Å². The van der Waals surface area contributed by atoms with E-state index >= 15 is 0 Å². The van der Waals surface area contributed by atoms with Gasteiger partial charge in [-0.15, -0.1) is 0 Å². The molecule has 2 rings (SSSR count). The van der Waals surface area contributed by atoms with Crippen LogP contribution >= 0.6 is 0 Å². The van der Waals surface area contributed by atoms with Crippen molar-refractivity contribution in [3.63, 3.8) is 0 Å². The summed E-state index contributed by atoms with van der Waals surface area (Å²) >= 11 is 0. The lowest BCUT2D eigenvalue weighted by Gasteiger charge is -2.21. The Balaban J connectivity index is 1.98. The molecule has 0 saturated carbocycles. The summed E-state index contributed by atoms with van der Waals surface area (Å²) < 4.78 is 0. The molecule has 0 saturated heterocycles. The summed E-state index contributed by atoms with van der Waals surface area (Å²) in [6.07, 6.45) is 0. The molecule has 2 aromatic rings. The molecule has 0 spiro atoms. The van der Waals surface area contributed by atoms with Gasteiger partial charge in [0.05, 0.1) is 0 Å². The molecular formula is C22H29N. The lowest BCUT2D eigenvalue weighted by molar-refractivity contribution is 0.369. The monoisotopic (exact) mass is 307 g/mol. The van der Waals surface area contributed by atoms with Gasteiger partial charge in [0.25, 0.3) is 0 Å². The fourth-order valence-corrected chi connectivity index (χ4v) is 2.86. The predicted octanol–water partition coefficient (Wildman–Crippen LogP) is 5.44. The second kappa shape index (κ2) is 7.14. The topological polar surface area (TPSA) is 3.24 Å². The third kappa shape index (κ3) is 4.80. The third-order valence-electron chi connectivity index (χ3n) is 4.26. The van der Waals surface area contributed by atoms with Gasteiger partial charge in [-0.1, -0.05) is 75.9 Å². The molecule has 1 nitrogen and oxygen atoms in total. The standard InChI is InChI=1S/C22H29N/c1-17-9-7-8-10-21(17)18(2)15-23(6)16-19-11-13-20(14-12-19)22(3,4)5/h7-14H,2,15-16H2,1,3-6H3. The average Bonchev–Trinajstić information content (AvgIpc) is 2.47. The van der Waals surface area contributed by atoms with Gasteiger partial charge in [0.15, 0.2) is 0 Å². The zero-order valence-corrected chi connectivity index (χ0v) is 15.2. The van der Waals surface area contributed by atoms with E-state index in [-0.39, 0.29) is 5.41 Å². The molecule has 0 atom stereocenters. The molecule has 0 radical (unpaired) electrons. The van der Waals surface area contributed by atoms with Gasteiger partial charge in [-0.3, -0.25) is 4.90 Å². The molecule has 0 aromatic heterocycles. The zero-order valence-electron chi connectivity index (χ0n) is 15.2. The molecular weight excluding hydrogens is 278 g/mol. The molecule has 122 valence electrons. The van der Waals surface area contributed by atoms with Gasteiger partial charge >= 0.3 is 0 Å². The molecule has 0 fully saturated rings. The Morgan fingerprint density at radius 2 is 1.61 bits per heavy atom. The smallest absolute Gasteiger partial charge is 0.0234 e. The first-order valence-corrected chi connectivity index (χ1v) is 8.29. The number of hydrogen-bond acceptors (Lipinski definition) is 1. The van der Waals surface area contributed by atoms with Crippen LogP contribution in [0, 0.1) is 6.92 Å². The van der Waals surface area contributed by atoms with Gasteiger partial charge in [-0.25, -0.2) is 0 Å². The molecule has 0 heterocycles. The van der Waals surface area contributed by atoms with E-state index < -0.39 is 0 Å². The van der Waals surface area contributed by atoms with E-state index in [1.54, 1.807) is 0 Å². The first kappa shape index (κ1) is 17.5. The lowest BCUT2D eigenvalue weighted by Crippen LogP contribution is -2.20. The highest BCUT2D eigenvalue weighted by Crippen LogP contribution is 2.23. The SMILES string of the molecule is C=C(CN(C)Cc1ccc(C(C)(C)C)cc1)c1ccccc1C. The summed E-state index contributed by atoms with van der Waals surface area (Å²) in [4.78, 5) is 2.32. The normalized spacial score (nSPS) is 11.7. The Bertz CT molecular complexity index is 659. The van der Waals surface area contributed by atoms with Crippen molar-refractivity contribution in [3.8, 4) is 0 Å². The second-order valence-electron chi connectivity index (χ2n) is 7.54. The van der Waals surface area contributed by atoms with Crippen LogP contribution in [0.4, 0.5) is 0 Å². The van der Waals surface area contributed by atoms with Crippen LogP contribution in [-0.4, -0.2) is 18.5 Å². The highest BCUT2D eigenvalue weighted by atomic mass is 15.1. The highest BCUT2D eigenvalue weighted by Gasteiger charge is 2.13. The molecule has 1 heteroatoms. The second-order valence-corrected chi connectivity index (χ2v) is 7.54. The molecule has 0 bridgehead atoms. The summed E-state index contributed by atoms with van der Waals surface area (Å²) in [6, 6.07) is 17.4. The van der Waals surface area contributed by atoms with E-state index in [4.69, 9.17) is 0 Å². The van der Waals surface area contributed by atoms with Crippen molar-refractivity contribution >= 4 is 5.57 Å². The maximum absolute atomic E-state index is 4.27. The largest absolute Gasteiger partial charge is 0.298 e. The Morgan fingerprint density at radius 1 is 1.00 bits per heavy atom. The van der Waals surface area contributed by atoms with Crippen molar-refractivity contribution in [2.75, 3.05) is 13.6 Å². The van der Waals surface area contributed by atoms with Crippen LogP contribution in [-0.2, 0) is 12.0 Å². The summed E-state index contributed by atoms with van der Waals surface area (Å²) in [5.41, 5.74) is 6.68. The fourth-order valence-electron chi connectivity index (χ4n) is 2.86. The Kier molecular flexibility index (Phi) is 5.43. The number of benzene rings is 2. The molecule has 2 aromatic carbocycles. The maximum atomic E-state index is 4.27. The van der Waals surface area contributed by atoms with Crippen molar-refractivity contribution in [1.29, 1.82) is 0 Å². The number of likely N-dealkylation sites (N-methyl/N-ethyl adjacent to an activating group) is 1. The van der Waals surface area contributed by atoms with Crippen molar-refractivity contribution in [2.24, 2.45) is 0 Å². The fraction of sp³-hybridized carbons (Fsp3) is 0.364. The first-order chi connectivity index (χ1) is 10.8. The highest BCUT2D eigenvalue weighted by molar-refractivity contribution is 5.67. The lowest BCUT2D eigenvalue weighted by atomic mass is 9.87. The molecule has 0 aliphatic carbocycles. The molecule has 0 amide bonds. The van der Waals surface area contributed by atoms with Gasteiger partial charge in [-0.2, -0.15) is 0 Å². The number of hydrogen-bond donors (Lipinski definition) is 0. The van der Waals surface area contributed by atoms with Crippen LogP contribution in [0.15, 0.2) is 55.1 Å². The van der Waals surface area contributed by atoms with Crippen LogP contribution in [0.2, 0.25) is 0 Å². The maximum Gasteiger partial charge on any atom is 0.0234 e. The van der Waals surface area contributed by atoms with Crippen LogP contribution in [0.25, 0.3) is 5.57 Å². The van der Waals surface area contributed by atoms with Gasteiger partial charge < -0.3 is 0 Å². The quantitative estimate of drug-likeness (QED) is 0.711. The molecule has 23 heavy (non-hydrogen) atoms.